The predicted molar refractivity (Wildman–Crippen MR) is 77.5 cm³/mol. The summed E-state index contributed by atoms with van der Waals surface area (Å²) in [6.07, 6.45) is 0. The maximum Gasteiger partial charge on any atom is 0.325 e. The minimum atomic E-state index is -0.790. The Morgan fingerprint density at radius 3 is 2.65 bits per heavy atom. The van der Waals surface area contributed by atoms with Gasteiger partial charge in [0.1, 0.15) is 5.54 Å². The minimum Gasteiger partial charge on any atom is -0.324 e. The molecule has 0 aromatic carbocycles. The van der Waals surface area contributed by atoms with Crippen molar-refractivity contribution < 1.29 is 9.59 Å². The number of thiazole rings is 1. The summed E-state index contributed by atoms with van der Waals surface area (Å²) in [4.78, 5) is 31.5. The Bertz CT molecular complexity index is 526. The highest BCUT2D eigenvalue weighted by molar-refractivity contribution is 7.09. The van der Waals surface area contributed by atoms with Crippen LogP contribution >= 0.6 is 11.3 Å². The number of likely N-dealkylation sites (N-methyl/N-ethyl adjacent to an activating group) is 1. The van der Waals surface area contributed by atoms with Crippen LogP contribution in [-0.2, 0) is 11.3 Å². The van der Waals surface area contributed by atoms with E-state index in [1.54, 1.807) is 25.2 Å². The first kappa shape index (κ1) is 14.9. The van der Waals surface area contributed by atoms with E-state index in [2.05, 4.69) is 15.2 Å². The van der Waals surface area contributed by atoms with Gasteiger partial charge >= 0.3 is 6.03 Å². The zero-order chi connectivity index (χ0) is 14.9. The van der Waals surface area contributed by atoms with Crippen LogP contribution < -0.4 is 5.32 Å². The van der Waals surface area contributed by atoms with Gasteiger partial charge in [-0.05, 0) is 27.8 Å². The number of aromatic nitrogens is 1. The molecule has 20 heavy (non-hydrogen) atoms. The molecule has 0 atom stereocenters. The molecule has 0 bridgehead atoms. The highest BCUT2D eigenvalue weighted by Gasteiger charge is 2.43. The molecular weight excluding hydrogens is 276 g/mol. The highest BCUT2D eigenvalue weighted by Crippen LogP contribution is 2.16. The summed E-state index contributed by atoms with van der Waals surface area (Å²) in [5.74, 6) is -0.166. The number of carbonyl (C=O) groups is 2. The quantitative estimate of drug-likeness (QED) is 0.830. The molecule has 7 heteroatoms. The summed E-state index contributed by atoms with van der Waals surface area (Å²) < 4.78 is 0. The summed E-state index contributed by atoms with van der Waals surface area (Å²) in [5.41, 5.74) is 0.231. The molecule has 3 amide bonds. The second kappa shape index (κ2) is 5.49. The third-order valence-corrected chi connectivity index (χ3v) is 4.07. The summed E-state index contributed by atoms with van der Waals surface area (Å²) >= 11 is 1.62. The van der Waals surface area contributed by atoms with Crippen LogP contribution in [0.15, 0.2) is 5.38 Å². The topological polar surface area (TPSA) is 65.5 Å². The van der Waals surface area contributed by atoms with Gasteiger partial charge in [0.05, 0.1) is 10.7 Å². The summed E-state index contributed by atoms with van der Waals surface area (Å²) in [5, 5.41) is 5.75. The van der Waals surface area contributed by atoms with Crippen LogP contribution in [0.1, 0.15) is 24.5 Å². The fourth-order valence-electron chi connectivity index (χ4n) is 2.13. The van der Waals surface area contributed by atoms with Crippen molar-refractivity contribution in [2.45, 2.75) is 32.9 Å². The molecule has 1 aromatic heterocycles. The standard InChI is InChI=1S/C13H20N4O2S/c1-9-14-10(8-20-9)7-16(4)5-6-17-11(18)13(2,3)15-12(17)19/h8H,5-7H2,1-4H3,(H,15,19). The third kappa shape index (κ3) is 3.16. The number of rotatable bonds is 5. The second-order valence-electron chi connectivity index (χ2n) is 5.61. The average Bonchev–Trinajstić information content (AvgIpc) is 2.81. The Labute approximate surface area is 122 Å². The number of hydrogen-bond donors (Lipinski definition) is 1. The van der Waals surface area contributed by atoms with Crippen LogP contribution in [0.3, 0.4) is 0 Å². The van der Waals surface area contributed by atoms with Gasteiger partial charge in [-0.25, -0.2) is 9.78 Å². The average molecular weight is 296 g/mol. The van der Waals surface area contributed by atoms with E-state index >= 15 is 0 Å². The van der Waals surface area contributed by atoms with Crippen molar-refractivity contribution in [1.82, 2.24) is 20.1 Å². The predicted octanol–water partition coefficient (Wildman–Crippen LogP) is 1.21. The van der Waals surface area contributed by atoms with Crippen LogP contribution in [0.5, 0.6) is 0 Å². The molecule has 0 spiro atoms. The first-order chi connectivity index (χ1) is 9.29. The monoisotopic (exact) mass is 296 g/mol. The van der Waals surface area contributed by atoms with Gasteiger partial charge in [-0.3, -0.25) is 14.6 Å². The fourth-order valence-corrected chi connectivity index (χ4v) is 2.73. The minimum absolute atomic E-state index is 0.166. The van der Waals surface area contributed by atoms with E-state index in [1.165, 1.54) is 4.90 Å². The van der Waals surface area contributed by atoms with Crippen molar-refractivity contribution in [2.24, 2.45) is 0 Å². The van der Waals surface area contributed by atoms with Gasteiger partial charge in [-0.15, -0.1) is 11.3 Å². The van der Waals surface area contributed by atoms with Gasteiger partial charge in [0.2, 0.25) is 0 Å². The molecule has 0 radical (unpaired) electrons. The van der Waals surface area contributed by atoms with E-state index in [9.17, 15) is 9.59 Å². The lowest BCUT2D eigenvalue weighted by Gasteiger charge is -2.20. The molecule has 1 N–H and O–H groups in total. The van der Waals surface area contributed by atoms with Crippen molar-refractivity contribution in [3.8, 4) is 0 Å². The maximum absolute atomic E-state index is 12.0. The van der Waals surface area contributed by atoms with Gasteiger partial charge in [0, 0.05) is 25.0 Å². The largest absolute Gasteiger partial charge is 0.325 e. The Kier molecular flexibility index (Phi) is 4.10. The molecular formula is C13H20N4O2S. The van der Waals surface area contributed by atoms with Crippen LogP contribution in [0.2, 0.25) is 0 Å². The zero-order valence-electron chi connectivity index (χ0n) is 12.3. The van der Waals surface area contributed by atoms with E-state index in [1.807, 2.05) is 19.4 Å². The number of hydrogen-bond acceptors (Lipinski definition) is 5. The van der Waals surface area contributed by atoms with Gasteiger partial charge in [-0.2, -0.15) is 0 Å². The lowest BCUT2D eigenvalue weighted by molar-refractivity contribution is -0.130. The summed E-state index contributed by atoms with van der Waals surface area (Å²) in [7, 11) is 1.96. The number of imide groups is 1. The van der Waals surface area contributed by atoms with Gasteiger partial charge in [0.15, 0.2) is 0 Å². The fraction of sp³-hybridized carbons (Fsp3) is 0.615. The van der Waals surface area contributed by atoms with Crippen LogP contribution in [0.4, 0.5) is 4.79 Å². The van der Waals surface area contributed by atoms with E-state index < -0.39 is 5.54 Å². The maximum atomic E-state index is 12.0. The molecule has 2 heterocycles. The zero-order valence-corrected chi connectivity index (χ0v) is 13.1. The lowest BCUT2D eigenvalue weighted by Crippen LogP contribution is -2.41. The Morgan fingerprint density at radius 1 is 1.45 bits per heavy atom. The third-order valence-electron chi connectivity index (χ3n) is 3.25. The smallest absolute Gasteiger partial charge is 0.324 e. The number of nitrogens with one attached hydrogen (secondary N) is 1. The highest BCUT2D eigenvalue weighted by atomic mass is 32.1. The van der Waals surface area contributed by atoms with E-state index in [0.29, 0.717) is 13.1 Å². The first-order valence-electron chi connectivity index (χ1n) is 6.53. The number of aryl methyl sites for hydroxylation is 1. The first-order valence-corrected chi connectivity index (χ1v) is 7.41. The molecule has 1 aromatic rings. The molecule has 0 unspecified atom stereocenters. The molecule has 2 rings (SSSR count). The van der Waals surface area contributed by atoms with Crippen molar-refractivity contribution in [3.63, 3.8) is 0 Å². The number of carbonyl (C=O) groups excluding carboxylic acids is 2. The van der Waals surface area contributed by atoms with Crippen molar-refractivity contribution in [1.29, 1.82) is 0 Å². The second-order valence-corrected chi connectivity index (χ2v) is 6.67. The van der Waals surface area contributed by atoms with Crippen LogP contribution in [-0.4, -0.2) is 52.4 Å². The summed E-state index contributed by atoms with van der Waals surface area (Å²) in [6, 6.07) is -0.307. The number of urea groups is 1. The van der Waals surface area contributed by atoms with E-state index in [4.69, 9.17) is 0 Å². The Morgan fingerprint density at radius 2 is 2.15 bits per heavy atom. The lowest BCUT2D eigenvalue weighted by atomic mass is 10.1. The van der Waals surface area contributed by atoms with Crippen molar-refractivity contribution in [3.05, 3.63) is 16.1 Å². The SMILES string of the molecule is Cc1nc(CN(C)CCN2C(=O)NC(C)(C)C2=O)cs1. The van der Waals surface area contributed by atoms with E-state index in [-0.39, 0.29) is 11.9 Å². The molecule has 0 saturated carbocycles. The number of amides is 3. The molecule has 6 nitrogen and oxygen atoms in total. The summed E-state index contributed by atoms with van der Waals surface area (Å²) in [6.45, 7) is 7.16. The van der Waals surface area contributed by atoms with Crippen molar-refractivity contribution in [2.75, 3.05) is 20.1 Å². The molecule has 1 fully saturated rings. The normalized spacial score (nSPS) is 17.9. The van der Waals surface area contributed by atoms with Gasteiger partial charge in [0.25, 0.3) is 5.91 Å². The number of nitrogens with zero attached hydrogens (tertiary/aromatic N) is 3. The van der Waals surface area contributed by atoms with Crippen LogP contribution in [0, 0.1) is 6.92 Å². The molecule has 1 aliphatic heterocycles. The molecule has 0 aliphatic carbocycles. The van der Waals surface area contributed by atoms with Crippen molar-refractivity contribution >= 4 is 23.3 Å². The molecule has 110 valence electrons. The van der Waals surface area contributed by atoms with Gasteiger partial charge in [-0.1, -0.05) is 0 Å². The molecule has 1 saturated heterocycles. The van der Waals surface area contributed by atoms with Gasteiger partial charge < -0.3 is 5.32 Å². The van der Waals surface area contributed by atoms with E-state index in [0.717, 1.165) is 17.2 Å². The Hall–Kier alpha value is -1.47. The van der Waals surface area contributed by atoms with Crippen LogP contribution in [0.25, 0.3) is 0 Å². The molecule has 1 aliphatic rings. The Balaban J connectivity index is 1.86.